The molecule has 142 valence electrons. The van der Waals surface area contributed by atoms with Gasteiger partial charge in [-0.25, -0.2) is 0 Å². The van der Waals surface area contributed by atoms with E-state index in [0.29, 0.717) is 10.8 Å². The molecule has 0 unspecified atom stereocenters. The Morgan fingerprint density at radius 2 is 1.32 bits per heavy atom. The number of amides is 2. The summed E-state index contributed by atoms with van der Waals surface area (Å²) in [4.78, 5) is 24.8. The monoisotopic (exact) mass is 394 g/mol. The van der Waals surface area contributed by atoms with Gasteiger partial charge < -0.3 is 4.74 Å². The summed E-state index contributed by atoms with van der Waals surface area (Å²) in [6, 6.07) is 25.4. The van der Waals surface area contributed by atoms with Gasteiger partial charge >= 0.3 is 0 Å². The van der Waals surface area contributed by atoms with E-state index in [1.807, 2.05) is 60.7 Å². The van der Waals surface area contributed by atoms with Gasteiger partial charge in [0, 0.05) is 5.02 Å². The Balaban J connectivity index is 1.60. The second kappa shape index (κ2) is 9.58. The van der Waals surface area contributed by atoms with E-state index in [-0.39, 0.29) is 12.5 Å². The molecule has 3 aromatic rings. The molecule has 3 aromatic carbocycles. The predicted octanol–water partition coefficient (Wildman–Crippen LogP) is 3.70. The van der Waals surface area contributed by atoms with Gasteiger partial charge in [0.2, 0.25) is 5.91 Å². The maximum atomic E-state index is 12.8. The lowest BCUT2D eigenvalue weighted by Gasteiger charge is -2.18. The van der Waals surface area contributed by atoms with E-state index >= 15 is 0 Å². The molecule has 0 saturated carbocycles. The Kier molecular flexibility index (Phi) is 6.65. The van der Waals surface area contributed by atoms with Crippen molar-refractivity contribution in [1.29, 1.82) is 0 Å². The number of carbonyl (C=O) groups is 2. The Morgan fingerprint density at radius 1 is 0.786 bits per heavy atom. The number of hydrogen-bond acceptors (Lipinski definition) is 3. The minimum Gasteiger partial charge on any atom is -0.484 e. The molecule has 2 amide bonds. The summed E-state index contributed by atoms with van der Waals surface area (Å²) in [5.41, 5.74) is 6.54. The molecule has 28 heavy (non-hydrogen) atoms. The minimum atomic E-state index is -0.542. The van der Waals surface area contributed by atoms with Crippen LogP contribution in [0.25, 0.3) is 0 Å². The molecule has 0 atom stereocenters. The highest BCUT2D eigenvalue weighted by Gasteiger charge is 2.22. The van der Waals surface area contributed by atoms with Crippen LogP contribution in [-0.2, 0) is 9.59 Å². The van der Waals surface area contributed by atoms with Gasteiger partial charge in [0.25, 0.3) is 5.91 Å². The number of nitrogens with one attached hydrogen (secondary N) is 2. The summed E-state index contributed by atoms with van der Waals surface area (Å²) in [6.07, 6.45) is 0. The van der Waals surface area contributed by atoms with E-state index in [2.05, 4.69) is 10.9 Å². The van der Waals surface area contributed by atoms with Crippen LogP contribution in [0.2, 0.25) is 5.02 Å². The molecule has 5 nitrogen and oxygen atoms in total. The summed E-state index contributed by atoms with van der Waals surface area (Å²) in [7, 11) is 0. The Hall–Kier alpha value is -3.31. The Morgan fingerprint density at radius 3 is 1.86 bits per heavy atom. The summed E-state index contributed by atoms with van der Waals surface area (Å²) in [6.45, 7) is -0.233. The van der Waals surface area contributed by atoms with Crippen LogP contribution >= 0.6 is 11.6 Å². The van der Waals surface area contributed by atoms with Crippen LogP contribution < -0.4 is 15.6 Å². The highest BCUT2D eigenvalue weighted by Crippen LogP contribution is 2.24. The molecule has 6 heteroatoms. The van der Waals surface area contributed by atoms with Gasteiger partial charge in [-0.05, 0) is 35.4 Å². The molecule has 0 aromatic heterocycles. The van der Waals surface area contributed by atoms with E-state index < -0.39 is 11.8 Å². The third kappa shape index (κ3) is 5.34. The largest absolute Gasteiger partial charge is 0.484 e. The molecule has 3 rings (SSSR count). The predicted molar refractivity (Wildman–Crippen MR) is 108 cm³/mol. The van der Waals surface area contributed by atoms with Crippen LogP contribution in [0.5, 0.6) is 5.75 Å². The lowest BCUT2D eigenvalue weighted by molar-refractivity contribution is -0.130. The Bertz CT molecular complexity index is 876. The van der Waals surface area contributed by atoms with Crippen molar-refractivity contribution in [3.63, 3.8) is 0 Å². The third-order valence-corrected chi connectivity index (χ3v) is 4.29. The number of benzene rings is 3. The lowest BCUT2D eigenvalue weighted by atomic mass is 9.91. The maximum absolute atomic E-state index is 12.8. The maximum Gasteiger partial charge on any atom is 0.276 e. The van der Waals surface area contributed by atoms with Crippen molar-refractivity contribution in [2.75, 3.05) is 6.61 Å². The van der Waals surface area contributed by atoms with Crippen molar-refractivity contribution in [2.45, 2.75) is 5.92 Å². The number of hydrogen-bond donors (Lipinski definition) is 2. The molecule has 0 spiro atoms. The fourth-order valence-corrected chi connectivity index (χ4v) is 2.83. The van der Waals surface area contributed by atoms with Crippen LogP contribution in [0, 0.1) is 0 Å². The summed E-state index contributed by atoms with van der Waals surface area (Å²) in [5.74, 6) is -0.836. The van der Waals surface area contributed by atoms with Crippen molar-refractivity contribution in [2.24, 2.45) is 0 Å². The first-order valence-corrected chi connectivity index (χ1v) is 9.08. The molecule has 0 aliphatic rings. The second-order valence-electron chi connectivity index (χ2n) is 6.03. The zero-order valence-electron chi connectivity index (χ0n) is 15.0. The van der Waals surface area contributed by atoms with Crippen molar-refractivity contribution in [3.05, 3.63) is 101 Å². The summed E-state index contributed by atoms with van der Waals surface area (Å²) >= 11 is 5.81. The molecule has 0 fully saturated rings. The zero-order chi connectivity index (χ0) is 19.8. The number of hydrazine groups is 1. The molecule has 0 heterocycles. The first kappa shape index (κ1) is 19.5. The van der Waals surface area contributed by atoms with Gasteiger partial charge in [-0.1, -0.05) is 72.3 Å². The van der Waals surface area contributed by atoms with Gasteiger partial charge in [0.1, 0.15) is 5.75 Å². The number of ether oxygens (including phenoxy) is 1. The van der Waals surface area contributed by atoms with E-state index in [1.165, 1.54) is 0 Å². The van der Waals surface area contributed by atoms with Gasteiger partial charge in [-0.2, -0.15) is 0 Å². The quantitative estimate of drug-likeness (QED) is 0.626. The molecule has 0 aliphatic heterocycles. The summed E-state index contributed by atoms with van der Waals surface area (Å²) in [5, 5.41) is 0.580. The van der Waals surface area contributed by atoms with Gasteiger partial charge in [0.15, 0.2) is 6.61 Å². The third-order valence-electron chi connectivity index (χ3n) is 4.04. The van der Waals surface area contributed by atoms with Gasteiger partial charge in [-0.3, -0.25) is 20.4 Å². The number of rotatable bonds is 6. The molecule has 2 N–H and O–H groups in total. The van der Waals surface area contributed by atoms with Crippen LogP contribution in [0.3, 0.4) is 0 Å². The van der Waals surface area contributed by atoms with Crippen LogP contribution in [0.4, 0.5) is 0 Å². The molecule has 0 aliphatic carbocycles. The average molecular weight is 395 g/mol. The van der Waals surface area contributed by atoms with E-state index in [9.17, 15) is 9.59 Å². The SMILES string of the molecule is O=C(COc1ccc(Cl)cc1)NNC(=O)C(c1ccccc1)c1ccccc1. The second-order valence-corrected chi connectivity index (χ2v) is 6.47. The van der Waals surface area contributed by atoms with E-state index in [0.717, 1.165) is 11.1 Å². The molecule has 0 bridgehead atoms. The highest BCUT2D eigenvalue weighted by atomic mass is 35.5. The van der Waals surface area contributed by atoms with Gasteiger partial charge in [-0.15, -0.1) is 0 Å². The van der Waals surface area contributed by atoms with Crippen molar-refractivity contribution >= 4 is 23.4 Å². The summed E-state index contributed by atoms with van der Waals surface area (Å²) < 4.78 is 5.36. The van der Waals surface area contributed by atoms with Crippen molar-refractivity contribution < 1.29 is 14.3 Å². The molecular formula is C22H19ClN2O3. The number of halogens is 1. The van der Waals surface area contributed by atoms with E-state index in [1.54, 1.807) is 24.3 Å². The van der Waals surface area contributed by atoms with Crippen LogP contribution in [0.15, 0.2) is 84.9 Å². The first-order chi connectivity index (χ1) is 13.6. The standard InChI is InChI=1S/C22H19ClN2O3/c23-18-11-13-19(14-12-18)28-15-20(26)24-25-22(27)21(16-7-3-1-4-8-16)17-9-5-2-6-10-17/h1-14,21H,15H2,(H,24,26)(H,25,27). The normalized spacial score (nSPS) is 10.4. The van der Waals surface area contributed by atoms with Crippen LogP contribution in [-0.4, -0.2) is 18.4 Å². The van der Waals surface area contributed by atoms with Gasteiger partial charge in [0.05, 0.1) is 5.92 Å². The fraction of sp³-hybridized carbons (Fsp3) is 0.0909. The van der Waals surface area contributed by atoms with E-state index in [4.69, 9.17) is 16.3 Å². The smallest absolute Gasteiger partial charge is 0.276 e. The highest BCUT2D eigenvalue weighted by molar-refractivity contribution is 6.30. The molecule has 0 saturated heterocycles. The molecular weight excluding hydrogens is 376 g/mol. The van der Waals surface area contributed by atoms with Crippen molar-refractivity contribution in [3.8, 4) is 5.75 Å². The lowest BCUT2D eigenvalue weighted by Crippen LogP contribution is -2.46. The van der Waals surface area contributed by atoms with Crippen LogP contribution in [0.1, 0.15) is 17.0 Å². The zero-order valence-corrected chi connectivity index (χ0v) is 15.7. The van der Waals surface area contributed by atoms with Crippen molar-refractivity contribution in [1.82, 2.24) is 10.9 Å². The first-order valence-electron chi connectivity index (χ1n) is 8.70. The molecule has 0 radical (unpaired) electrons. The topological polar surface area (TPSA) is 67.4 Å². The minimum absolute atomic E-state index is 0.233. The Labute approximate surface area is 168 Å². The fourth-order valence-electron chi connectivity index (χ4n) is 2.71. The average Bonchev–Trinajstić information content (AvgIpc) is 2.73. The number of carbonyl (C=O) groups excluding carboxylic acids is 2.